The number of carboxylic acid groups (broad SMARTS) is 1. The van der Waals surface area contributed by atoms with Gasteiger partial charge in [0.15, 0.2) is 0 Å². The SMILES string of the molecule is O=C(O)CCC(Cc1ccccc1)NC(=O)CCc1ccccc1. The smallest absolute Gasteiger partial charge is 0.303 e. The van der Waals surface area contributed by atoms with Gasteiger partial charge in [-0.3, -0.25) is 9.59 Å². The molecule has 0 saturated heterocycles. The van der Waals surface area contributed by atoms with Crippen molar-refractivity contribution in [2.45, 2.75) is 38.1 Å². The zero-order valence-electron chi connectivity index (χ0n) is 13.7. The zero-order valence-corrected chi connectivity index (χ0v) is 13.7. The van der Waals surface area contributed by atoms with Gasteiger partial charge < -0.3 is 10.4 Å². The van der Waals surface area contributed by atoms with E-state index in [-0.39, 0.29) is 18.4 Å². The van der Waals surface area contributed by atoms with E-state index in [2.05, 4.69) is 5.32 Å². The van der Waals surface area contributed by atoms with E-state index in [9.17, 15) is 9.59 Å². The number of carboxylic acids is 1. The largest absolute Gasteiger partial charge is 0.481 e. The molecule has 0 aliphatic heterocycles. The number of hydrogen-bond acceptors (Lipinski definition) is 2. The fourth-order valence-corrected chi connectivity index (χ4v) is 2.62. The van der Waals surface area contributed by atoms with Crippen LogP contribution in [0.2, 0.25) is 0 Å². The highest BCUT2D eigenvalue weighted by atomic mass is 16.4. The van der Waals surface area contributed by atoms with Gasteiger partial charge in [0.1, 0.15) is 0 Å². The van der Waals surface area contributed by atoms with Crippen molar-refractivity contribution in [2.24, 2.45) is 0 Å². The van der Waals surface area contributed by atoms with Crippen LogP contribution < -0.4 is 5.32 Å². The second kappa shape index (κ2) is 9.50. The van der Waals surface area contributed by atoms with Gasteiger partial charge >= 0.3 is 5.97 Å². The predicted octanol–water partition coefficient (Wildman–Crippen LogP) is 3.21. The first-order valence-corrected chi connectivity index (χ1v) is 8.22. The summed E-state index contributed by atoms with van der Waals surface area (Å²) in [5.41, 5.74) is 2.22. The molecule has 0 aliphatic rings. The van der Waals surface area contributed by atoms with Crippen LogP contribution in [-0.2, 0) is 22.4 Å². The molecule has 2 aromatic rings. The number of aliphatic carboxylic acids is 1. The van der Waals surface area contributed by atoms with E-state index in [1.54, 1.807) is 0 Å². The summed E-state index contributed by atoms with van der Waals surface area (Å²) in [4.78, 5) is 23.0. The van der Waals surface area contributed by atoms with Crippen LogP contribution in [0.3, 0.4) is 0 Å². The van der Waals surface area contributed by atoms with Gasteiger partial charge in [-0.2, -0.15) is 0 Å². The molecule has 4 heteroatoms. The van der Waals surface area contributed by atoms with Gasteiger partial charge in [0, 0.05) is 18.9 Å². The van der Waals surface area contributed by atoms with Crippen molar-refractivity contribution in [3.05, 3.63) is 71.8 Å². The van der Waals surface area contributed by atoms with E-state index in [0.29, 0.717) is 25.7 Å². The number of hydrogen-bond donors (Lipinski definition) is 2. The monoisotopic (exact) mass is 325 g/mol. The number of carbonyl (C=O) groups excluding carboxylic acids is 1. The third-order valence-electron chi connectivity index (χ3n) is 3.88. The van der Waals surface area contributed by atoms with Crippen LogP contribution >= 0.6 is 0 Å². The molecule has 0 aromatic heterocycles. The van der Waals surface area contributed by atoms with Crippen molar-refractivity contribution in [3.63, 3.8) is 0 Å². The first-order chi connectivity index (χ1) is 11.6. The highest BCUT2D eigenvalue weighted by molar-refractivity contribution is 5.76. The Morgan fingerprint density at radius 2 is 1.46 bits per heavy atom. The minimum absolute atomic E-state index is 0.0369. The molecular weight excluding hydrogens is 302 g/mol. The summed E-state index contributed by atoms with van der Waals surface area (Å²) in [5.74, 6) is -0.878. The van der Waals surface area contributed by atoms with Gasteiger partial charge in [-0.15, -0.1) is 0 Å². The number of aryl methyl sites for hydroxylation is 1. The van der Waals surface area contributed by atoms with Crippen LogP contribution in [-0.4, -0.2) is 23.0 Å². The Balaban J connectivity index is 1.88. The van der Waals surface area contributed by atoms with Crippen molar-refractivity contribution in [1.29, 1.82) is 0 Å². The summed E-state index contributed by atoms with van der Waals surface area (Å²) in [5, 5.41) is 11.9. The van der Waals surface area contributed by atoms with Crippen molar-refractivity contribution in [1.82, 2.24) is 5.32 Å². The molecule has 4 nitrogen and oxygen atoms in total. The lowest BCUT2D eigenvalue weighted by atomic mass is 10.0. The van der Waals surface area contributed by atoms with E-state index in [0.717, 1.165) is 11.1 Å². The predicted molar refractivity (Wildman–Crippen MR) is 93.7 cm³/mol. The molecule has 1 amide bonds. The molecule has 0 aliphatic carbocycles. The van der Waals surface area contributed by atoms with Crippen molar-refractivity contribution >= 4 is 11.9 Å². The van der Waals surface area contributed by atoms with E-state index >= 15 is 0 Å². The lowest BCUT2D eigenvalue weighted by Crippen LogP contribution is -2.37. The average molecular weight is 325 g/mol. The van der Waals surface area contributed by atoms with Gasteiger partial charge in [0.05, 0.1) is 0 Å². The standard InChI is InChI=1S/C20H23NO3/c22-19(13-11-16-7-3-1-4-8-16)21-18(12-14-20(23)24)15-17-9-5-2-6-10-17/h1-10,18H,11-15H2,(H,21,22)(H,23,24). The topological polar surface area (TPSA) is 66.4 Å². The third kappa shape index (κ3) is 6.65. The minimum atomic E-state index is -0.841. The summed E-state index contributed by atoms with van der Waals surface area (Å²) in [7, 11) is 0. The zero-order chi connectivity index (χ0) is 17.2. The normalized spacial score (nSPS) is 11.7. The van der Waals surface area contributed by atoms with Crippen LogP contribution in [0, 0.1) is 0 Å². The van der Waals surface area contributed by atoms with Gasteiger partial charge in [-0.1, -0.05) is 60.7 Å². The molecule has 0 bridgehead atoms. The molecule has 2 aromatic carbocycles. The molecule has 2 N–H and O–H groups in total. The quantitative estimate of drug-likeness (QED) is 0.744. The summed E-state index contributed by atoms with van der Waals surface area (Å²) >= 11 is 0. The summed E-state index contributed by atoms with van der Waals surface area (Å²) in [6.07, 6.45) is 2.22. The second-order valence-electron chi connectivity index (χ2n) is 5.87. The number of benzene rings is 2. The lowest BCUT2D eigenvalue weighted by molar-refractivity contribution is -0.137. The van der Waals surface area contributed by atoms with Crippen LogP contribution in [0.15, 0.2) is 60.7 Å². The summed E-state index contributed by atoms with van der Waals surface area (Å²) in [6.45, 7) is 0. The molecule has 0 radical (unpaired) electrons. The van der Waals surface area contributed by atoms with Crippen LogP contribution in [0.4, 0.5) is 0 Å². The van der Waals surface area contributed by atoms with Gasteiger partial charge in [0.2, 0.25) is 5.91 Å². The van der Waals surface area contributed by atoms with E-state index < -0.39 is 5.97 Å². The highest BCUT2D eigenvalue weighted by Crippen LogP contribution is 2.09. The molecule has 0 spiro atoms. The highest BCUT2D eigenvalue weighted by Gasteiger charge is 2.14. The van der Waals surface area contributed by atoms with Crippen LogP contribution in [0.5, 0.6) is 0 Å². The molecule has 0 heterocycles. The maximum atomic E-state index is 12.2. The fourth-order valence-electron chi connectivity index (χ4n) is 2.62. The van der Waals surface area contributed by atoms with Gasteiger partial charge in [0.25, 0.3) is 0 Å². The van der Waals surface area contributed by atoms with Crippen molar-refractivity contribution in [3.8, 4) is 0 Å². The van der Waals surface area contributed by atoms with E-state index in [1.807, 2.05) is 60.7 Å². The Labute approximate surface area is 142 Å². The van der Waals surface area contributed by atoms with Crippen molar-refractivity contribution in [2.75, 3.05) is 0 Å². The maximum Gasteiger partial charge on any atom is 0.303 e. The van der Waals surface area contributed by atoms with Crippen LogP contribution in [0.1, 0.15) is 30.4 Å². The third-order valence-corrected chi connectivity index (χ3v) is 3.88. The molecule has 0 saturated carbocycles. The maximum absolute atomic E-state index is 12.2. The second-order valence-corrected chi connectivity index (χ2v) is 5.87. The summed E-state index contributed by atoms with van der Waals surface area (Å²) in [6, 6.07) is 19.5. The van der Waals surface area contributed by atoms with Gasteiger partial charge in [-0.05, 0) is 30.4 Å². The van der Waals surface area contributed by atoms with Crippen molar-refractivity contribution < 1.29 is 14.7 Å². The first kappa shape index (κ1) is 17.7. The molecule has 126 valence electrons. The number of rotatable bonds is 9. The molecule has 2 rings (SSSR count). The Morgan fingerprint density at radius 3 is 2.04 bits per heavy atom. The Hall–Kier alpha value is -2.62. The molecule has 0 fully saturated rings. The van der Waals surface area contributed by atoms with Crippen LogP contribution in [0.25, 0.3) is 0 Å². The number of amides is 1. The number of carbonyl (C=O) groups is 2. The average Bonchev–Trinajstić information content (AvgIpc) is 2.60. The molecular formula is C20H23NO3. The molecule has 1 unspecified atom stereocenters. The van der Waals surface area contributed by atoms with Gasteiger partial charge in [-0.25, -0.2) is 0 Å². The molecule has 24 heavy (non-hydrogen) atoms. The van der Waals surface area contributed by atoms with E-state index in [1.165, 1.54) is 0 Å². The fraction of sp³-hybridized carbons (Fsp3) is 0.300. The Bertz CT molecular complexity index is 640. The summed E-state index contributed by atoms with van der Waals surface area (Å²) < 4.78 is 0. The Morgan fingerprint density at radius 1 is 0.875 bits per heavy atom. The van der Waals surface area contributed by atoms with E-state index in [4.69, 9.17) is 5.11 Å². The first-order valence-electron chi connectivity index (χ1n) is 8.22. The number of nitrogens with one attached hydrogen (secondary N) is 1. The Kier molecular flexibility index (Phi) is 7.02. The molecule has 1 atom stereocenters. The minimum Gasteiger partial charge on any atom is -0.481 e. The lowest BCUT2D eigenvalue weighted by Gasteiger charge is -2.18.